The molecular formula is C12H11NO. The summed E-state index contributed by atoms with van der Waals surface area (Å²) < 4.78 is 5.57. The topological polar surface area (TPSA) is 33.0 Å². The standard InChI is InChI=1S/C12H11NO/c13-9-10-4-3-5-11(8-10)12-6-1-2-7-14-12/h1,3-6,8,12H,2,7H2. The van der Waals surface area contributed by atoms with Crippen molar-refractivity contribution in [2.75, 3.05) is 6.61 Å². The normalized spacial score (nSPS) is 20.4. The Labute approximate surface area is 83.4 Å². The van der Waals surface area contributed by atoms with E-state index in [1.165, 1.54) is 0 Å². The van der Waals surface area contributed by atoms with E-state index in [2.05, 4.69) is 12.1 Å². The zero-order chi connectivity index (χ0) is 9.80. The van der Waals surface area contributed by atoms with Gasteiger partial charge in [-0.3, -0.25) is 0 Å². The van der Waals surface area contributed by atoms with Crippen LogP contribution in [-0.4, -0.2) is 6.61 Å². The summed E-state index contributed by atoms with van der Waals surface area (Å²) in [5.41, 5.74) is 1.74. The predicted molar refractivity (Wildman–Crippen MR) is 53.6 cm³/mol. The molecule has 0 fully saturated rings. The van der Waals surface area contributed by atoms with Gasteiger partial charge in [0.1, 0.15) is 6.10 Å². The first kappa shape index (κ1) is 8.98. The lowest BCUT2D eigenvalue weighted by molar-refractivity contribution is 0.0800. The van der Waals surface area contributed by atoms with E-state index in [-0.39, 0.29) is 6.10 Å². The molecule has 0 spiro atoms. The fraction of sp³-hybridized carbons (Fsp3) is 0.250. The average molecular weight is 185 g/mol. The Morgan fingerprint density at radius 2 is 2.36 bits per heavy atom. The molecule has 1 aliphatic rings. The maximum Gasteiger partial charge on any atom is 0.101 e. The second-order valence-electron chi connectivity index (χ2n) is 3.25. The van der Waals surface area contributed by atoms with Crippen LogP contribution in [0.4, 0.5) is 0 Å². The molecule has 0 saturated heterocycles. The number of hydrogen-bond acceptors (Lipinski definition) is 2. The van der Waals surface area contributed by atoms with Crippen LogP contribution >= 0.6 is 0 Å². The van der Waals surface area contributed by atoms with Crippen molar-refractivity contribution >= 4 is 0 Å². The van der Waals surface area contributed by atoms with Crippen molar-refractivity contribution in [3.8, 4) is 6.07 Å². The molecule has 2 heteroatoms. The summed E-state index contributed by atoms with van der Waals surface area (Å²) >= 11 is 0. The first-order chi connectivity index (χ1) is 6.90. The summed E-state index contributed by atoms with van der Waals surface area (Å²) in [4.78, 5) is 0. The zero-order valence-electron chi connectivity index (χ0n) is 7.81. The van der Waals surface area contributed by atoms with Crippen LogP contribution < -0.4 is 0 Å². The van der Waals surface area contributed by atoms with Gasteiger partial charge in [0, 0.05) is 0 Å². The Morgan fingerprint density at radius 1 is 1.43 bits per heavy atom. The predicted octanol–water partition coefficient (Wildman–Crippen LogP) is 2.58. The van der Waals surface area contributed by atoms with Crippen LogP contribution in [0.25, 0.3) is 0 Å². The fourth-order valence-electron chi connectivity index (χ4n) is 1.53. The van der Waals surface area contributed by atoms with Crippen LogP contribution in [0.5, 0.6) is 0 Å². The first-order valence-electron chi connectivity index (χ1n) is 4.68. The van der Waals surface area contributed by atoms with Crippen molar-refractivity contribution in [2.45, 2.75) is 12.5 Å². The van der Waals surface area contributed by atoms with Crippen molar-refractivity contribution in [3.63, 3.8) is 0 Å². The molecule has 0 radical (unpaired) electrons. The molecule has 0 amide bonds. The van der Waals surface area contributed by atoms with Gasteiger partial charge in [0.25, 0.3) is 0 Å². The molecule has 2 nitrogen and oxygen atoms in total. The summed E-state index contributed by atoms with van der Waals surface area (Å²) in [5, 5.41) is 8.75. The summed E-state index contributed by atoms with van der Waals surface area (Å²) in [7, 11) is 0. The minimum atomic E-state index is 0.0250. The molecule has 0 saturated carbocycles. The lowest BCUT2D eigenvalue weighted by Gasteiger charge is -2.17. The Bertz CT molecular complexity index is 390. The van der Waals surface area contributed by atoms with Crippen molar-refractivity contribution in [3.05, 3.63) is 47.5 Å². The van der Waals surface area contributed by atoms with E-state index in [0.29, 0.717) is 5.56 Å². The van der Waals surface area contributed by atoms with Gasteiger partial charge in [-0.2, -0.15) is 5.26 Å². The van der Waals surface area contributed by atoms with Crippen molar-refractivity contribution in [1.29, 1.82) is 5.26 Å². The Kier molecular flexibility index (Phi) is 2.62. The zero-order valence-corrected chi connectivity index (χ0v) is 7.81. The molecule has 2 rings (SSSR count). The number of rotatable bonds is 1. The smallest absolute Gasteiger partial charge is 0.101 e. The lowest BCUT2D eigenvalue weighted by atomic mass is 10.0. The van der Waals surface area contributed by atoms with Crippen molar-refractivity contribution in [2.24, 2.45) is 0 Å². The Balaban J connectivity index is 2.27. The van der Waals surface area contributed by atoms with Crippen LogP contribution in [0.1, 0.15) is 23.7 Å². The SMILES string of the molecule is N#Cc1cccc(C2C=CCCO2)c1. The third-order valence-electron chi connectivity index (χ3n) is 2.24. The molecule has 1 unspecified atom stereocenters. The molecule has 1 aromatic rings. The van der Waals surface area contributed by atoms with Crippen molar-refractivity contribution < 1.29 is 4.74 Å². The van der Waals surface area contributed by atoms with Crippen LogP contribution in [-0.2, 0) is 4.74 Å². The van der Waals surface area contributed by atoms with Gasteiger partial charge in [-0.1, -0.05) is 24.3 Å². The number of nitriles is 1. The molecule has 0 N–H and O–H groups in total. The highest BCUT2D eigenvalue weighted by molar-refractivity contribution is 5.35. The number of nitrogens with zero attached hydrogens (tertiary/aromatic N) is 1. The maximum atomic E-state index is 8.75. The van der Waals surface area contributed by atoms with Crippen LogP contribution in [0, 0.1) is 11.3 Å². The summed E-state index contributed by atoms with van der Waals surface area (Å²) in [6.45, 7) is 0.762. The molecule has 0 bridgehead atoms. The third kappa shape index (κ3) is 1.84. The molecular weight excluding hydrogens is 174 g/mol. The number of hydrogen-bond donors (Lipinski definition) is 0. The summed E-state index contributed by atoms with van der Waals surface area (Å²) in [5.74, 6) is 0. The molecule has 1 heterocycles. The Morgan fingerprint density at radius 3 is 3.07 bits per heavy atom. The molecule has 70 valence electrons. The lowest BCUT2D eigenvalue weighted by Crippen LogP contribution is -2.06. The van der Waals surface area contributed by atoms with Crippen LogP contribution in [0.15, 0.2) is 36.4 Å². The van der Waals surface area contributed by atoms with Gasteiger partial charge in [0.2, 0.25) is 0 Å². The van der Waals surface area contributed by atoms with Crippen LogP contribution in [0.3, 0.4) is 0 Å². The molecule has 1 aliphatic heterocycles. The van der Waals surface area contributed by atoms with Gasteiger partial charge in [0.05, 0.1) is 18.2 Å². The van der Waals surface area contributed by atoms with E-state index < -0.39 is 0 Å². The Hall–Kier alpha value is -1.59. The first-order valence-corrected chi connectivity index (χ1v) is 4.68. The van der Waals surface area contributed by atoms with Gasteiger partial charge in [-0.15, -0.1) is 0 Å². The quantitative estimate of drug-likeness (QED) is 0.630. The molecule has 1 atom stereocenters. The van der Waals surface area contributed by atoms with E-state index >= 15 is 0 Å². The summed E-state index contributed by atoms with van der Waals surface area (Å²) in [6, 6.07) is 9.68. The minimum Gasteiger partial charge on any atom is -0.369 e. The molecule has 14 heavy (non-hydrogen) atoms. The van der Waals surface area contributed by atoms with Crippen LogP contribution in [0.2, 0.25) is 0 Å². The van der Waals surface area contributed by atoms with Gasteiger partial charge in [-0.25, -0.2) is 0 Å². The van der Waals surface area contributed by atoms with E-state index in [1.807, 2.05) is 24.3 Å². The fourth-order valence-corrected chi connectivity index (χ4v) is 1.53. The highest BCUT2D eigenvalue weighted by Gasteiger charge is 2.11. The monoisotopic (exact) mass is 185 g/mol. The van der Waals surface area contributed by atoms with Gasteiger partial charge in [-0.05, 0) is 24.1 Å². The van der Waals surface area contributed by atoms with Gasteiger partial charge >= 0.3 is 0 Å². The van der Waals surface area contributed by atoms with E-state index in [9.17, 15) is 0 Å². The second-order valence-corrected chi connectivity index (χ2v) is 3.25. The highest BCUT2D eigenvalue weighted by Crippen LogP contribution is 2.22. The number of ether oxygens (including phenoxy) is 1. The highest BCUT2D eigenvalue weighted by atomic mass is 16.5. The third-order valence-corrected chi connectivity index (χ3v) is 2.24. The van der Waals surface area contributed by atoms with E-state index in [1.54, 1.807) is 6.07 Å². The van der Waals surface area contributed by atoms with Crippen molar-refractivity contribution in [1.82, 2.24) is 0 Å². The van der Waals surface area contributed by atoms with E-state index in [0.717, 1.165) is 18.6 Å². The molecule has 0 aromatic heterocycles. The average Bonchev–Trinajstić information content (AvgIpc) is 2.30. The van der Waals surface area contributed by atoms with Gasteiger partial charge in [0.15, 0.2) is 0 Å². The molecule has 1 aromatic carbocycles. The second kappa shape index (κ2) is 4.08. The number of benzene rings is 1. The largest absolute Gasteiger partial charge is 0.369 e. The minimum absolute atomic E-state index is 0.0250. The maximum absolute atomic E-state index is 8.75. The molecule has 0 aliphatic carbocycles. The summed E-state index contributed by atoms with van der Waals surface area (Å²) in [6.07, 6.45) is 5.17. The van der Waals surface area contributed by atoms with Gasteiger partial charge < -0.3 is 4.74 Å². The van der Waals surface area contributed by atoms with E-state index in [4.69, 9.17) is 10.00 Å².